The number of hydrogen-bond acceptors (Lipinski definition) is 3. The van der Waals surface area contributed by atoms with Crippen LogP contribution in [0.2, 0.25) is 0 Å². The largest absolute Gasteiger partial charge is 0.497 e. The van der Waals surface area contributed by atoms with E-state index < -0.39 is 0 Å². The van der Waals surface area contributed by atoms with E-state index in [1.54, 1.807) is 7.11 Å². The van der Waals surface area contributed by atoms with Gasteiger partial charge in [0.1, 0.15) is 10.8 Å². The number of carbonyl (C=O) groups excluding carboxylic acids is 1. The van der Waals surface area contributed by atoms with Gasteiger partial charge in [0.15, 0.2) is 0 Å². The maximum Gasteiger partial charge on any atom is 0.322 e. The quantitative estimate of drug-likeness (QED) is 0.326. The first-order chi connectivity index (χ1) is 17.5. The maximum absolute atomic E-state index is 14.1. The van der Waals surface area contributed by atoms with Crippen molar-refractivity contribution in [1.82, 2.24) is 9.47 Å². The fraction of sp³-hybridized carbons (Fsp3) is 0.300. The van der Waals surface area contributed by atoms with Gasteiger partial charge in [-0.25, -0.2) is 4.79 Å². The first kappa shape index (κ1) is 22.9. The number of urea groups is 1. The van der Waals surface area contributed by atoms with Crippen LogP contribution in [0.15, 0.2) is 60.8 Å². The molecule has 0 saturated heterocycles. The number of methoxy groups -OCH3 is 1. The minimum atomic E-state index is -0.226. The van der Waals surface area contributed by atoms with Gasteiger partial charge < -0.3 is 19.5 Å². The van der Waals surface area contributed by atoms with Crippen LogP contribution in [0, 0.1) is 13.8 Å². The molecule has 6 rings (SSSR count). The molecule has 0 saturated carbocycles. The van der Waals surface area contributed by atoms with Gasteiger partial charge in [-0.2, -0.15) is 0 Å². The van der Waals surface area contributed by atoms with E-state index in [9.17, 15) is 4.79 Å². The Morgan fingerprint density at radius 1 is 1.00 bits per heavy atom. The topological polar surface area (TPSA) is 46.5 Å². The van der Waals surface area contributed by atoms with Crippen LogP contribution in [-0.4, -0.2) is 22.6 Å². The molecular weight excluding hydrogens is 466 g/mol. The summed E-state index contributed by atoms with van der Waals surface area (Å²) in [6.45, 7) is 4.70. The lowest BCUT2D eigenvalue weighted by molar-refractivity contribution is 0.194. The summed E-state index contributed by atoms with van der Waals surface area (Å²) in [6.07, 6.45) is 6.84. The Balaban J connectivity index is 1.48. The zero-order valence-corrected chi connectivity index (χ0v) is 21.8. The van der Waals surface area contributed by atoms with Crippen molar-refractivity contribution in [2.24, 2.45) is 0 Å². The molecule has 2 amide bonds. The molecule has 1 aliphatic heterocycles. The van der Waals surface area contributed by atoms with E-state index >= 15 is 0 Å². The predicted octanol–water partition coefficient (Wildman–Crippen LogP) is 7.18. The number of fused-ring (bicyclic) bond motifs is 5. The summed E-state index contributed by atoms with van der Waals surface area (Å²) in [4.78, 5) is 17.6. The van der Waals surface area contributed by atoms with Gasteiger partial charge in [0.05, 0.1) is 25.4 Å². The van der Waals surface area contributed by atoms with Crippen molar-refractivity contribution in [1.29, 1.82) is 0 Å². The Morgan fingerprint density at radius 2 is 1.75 bits per heavy atom. The molecule has 2 aromatic carbocycles. The van der Waals surface area contributed by atoms with Crippen LogP contribution in [0.5, 0.6) is 5.75 Å². The molecule has 184 valence electrons. The van der Waals surface area contributed by atoms with Crippen molar-refractivity contribution in [3.05, 3.63) is 99.2 Å². The highest BCUT2D eigenvalue weighted by atomic mass is 32.1. The first-order valence-electron chi connectivity index (χ1n) is 12.6. The second kappa shape index (κ2) is 9.17. The monoisotopic (exact) mass is 497 g/mol. The number of aromatic nitrogens is 1. The van der Waals surface area contributed by atoms with Crippen molar-refractivity contribution >= 4 is 23.1 Å². The Hall–Kier alpha value is -3.51. The molecule has 0 bridgehead atoms. The van der Waals surface area contributed by atoms with Crippen LogP contribution in [-0.2, 0) is 19.4 Å². The Morgan fingerprint density at radius 3 is 2.50 bits per heavy atom. The van der Waals surface area contributed by atoms with Gasteiger partial charge in [-0.3, -0.25) is 0 Å². The molecule has 0 fully saturated rings. The number of aryl methyl sites for hydroxylation is 3. The van der Waals surface area contributed by atoms with Gasteiger partial charge in [-0.05, 0) is 98.2 Å². The van der Waals surface area contributed by atoms with E-state index in [0.29, 0.717) is 6.54 Å². The smallest absolute Gasteiger partial charge is 0.322 e. The van der Waals surface area contributed by atoms with Crippen LogP contribution in [0.25, 0.3) is 5.00 Å². The van der Waals surface area contributed by atoms with Gasteiger partial charge >= 0.3 is 6.03 Å². The molecule has 2 aromatic heterocycles. The number of hydrogen-bond donors (Lipinski definition) is 1. The van der Waals surface area contributed by atoms with Crippen molar-refractivity contribution in [2.75, 3.05) is 12.4 Å². The van der Waals surface area contributed by atoms with Crippen LogP contribution >= 0.6 is 11.3 Å². The molecule has 0 spiro atoms. The van der Waals surface area contributed by atoms with E-state index in [0.717, 1.165) is 46.7 Å². The van der Waals surface area contributed by atoms with Crippen molar-refractivity contribution in [3.8, 4) is 10.8 Å². The van der Waals surface area contributed by atoms with E-state index in [1.165, 1.54) is 33.8 Å². The molecule has 5 nitrogen and oxygen atoms in total. The number of nitrogens with one attached hydrogen (secondary N) is 1. The van der Waals surface area contributed by atoms with Gasteiger partial charge in [0.25, 0.3) is 0 Å². The Bertz CT molecular complexity index is 1410. The number of ether oxygens (including phenoxy) is 1. The lowest BCUT2D eigenvalue weighted by atomic mass is 9.95. The molecule has 0 unspecified atom stereocenters. The number of rotatable bonds is 3. The minimum Gasteiger partial charge on any atom is -0.497 e. The minimum absolute atomic E-state index is 0.0859. The number of anilines is 1. The zero-order chi connectivity index (χ0) is 24.8. The summed E-state index contributed by atoms with van der Waals surface area (Å²) < 4.78 is 7.73. The standard InChI is InChI=1S/C30H31N3O2S/c1-19-15-20(2)17-22(16-19)31-30(34)33-18-25-24-7-4-5-9-27(24)36-29(25)32-14-6-8-26(32)28(33)21-10-12-23(35-3)13-11-21/h6,8,10-17,28H,4-5,7,9,18H2,1-3H3,(H,31,34)/t28-/m1/s1. The molecule has 1 aliphatic carbocycles. The third kappa shape index (κ3) is 3.99. The van der Waals surface area contributed by atoms with Crippen LogP contribution in [0.4, 0.5) is 10.5 Å². The molecule has 36 heavy (non-hydrogen) atoms. The number of thiophene rings is 1. The lowest BCUT2D eigenvalue weighted by Gasteiger charge is -2.31. The van der Waals surface area contributed by atoms with Crippen LogP contribution < -0.4 is 10.1 Å². The highest BCUT2D eigenvalue weighted by molar-refractivity contribution is 7.15. The van der Waals surface area contributed by atoms with Crippen molar-refractivity contribution in [2.45, 2.75) is 52.1 Å². The number of benzene rings is 2. The normalized spacial score (nSPS) is 16.5. The second-order valence-corrected chi connectivity index (χ2v) is 11.0. The van der Waals surface area contributed by atoms with Crippen molar-refractivity contribution < 1.29 is 9.53 Å². The van der Waals surface area contributed by atoms with Gasteiger partial charge in [0.2, 0.25) is 0 Å². The van der Waals surface area contributed by atoms with Crippen molar-refractivity contribution in [3.63, 3.8) is 0 Å². The molecular formula is C30H31N3O2S. The summed E-state index contributed by atoms with van der Waals surface area (Å²) in [5.41, 5.74) is 8.03. The lowest BCUT2D eigenvalue weighted by Crippen LogP contribution is -2.38. The second-order valence-electron chi connectivity index (χ2n) is 9.91. The van der Waals surface area contributed by atoms with Gasteiger partial charge in [-0.1, -0.05) is 18.2 Å². The zero-order valence-electron chi connectivity index (χ0n) is 21.0. The summed E-state index contributed by atoms with van der Waals surface area (Å²) >= 11 is 1.91. The van der Waals surface area contributed by atoms with E-state index in [1.807, 2.05) is 40.5 Å². The van der Waals surface area contributed by atoms with Gasteiger partial charge in [-0.15, -0.1) is 11.3 Å². The predicted molar refractivity (Wildman–Crippen MR) is 146 cm³/mol. The first-order valence-corrected chi connectivity index (χ1v) is 13.4. The molecule has 6 heteroatoms. The fourth-order valence-electron chi connectivity index (χ4n) is 5.77. The average Bonchev–Trinajstić information content (AvgIpc) is 3.45. The summed E-state index contributed by atoms with van der Waals surface area (Å²) in [7, 11) is 1.68. The van der Waals surface area contributed by atoms with Gasteiger partial charge in [0, 0.05) is 22.3 Å². The van der Waals surface area contributed by atoms with E-state index in [2.05, 4.69) is 60.3 Å². The third-order valence-electron chi connectivity index (χ3n) is 7.34. The Kier molecular flexibility index (Phi) is 5.84. The molecule has 4 aromatic rings. The molecule has 0 radical (unpaired) electrons. The van der Waals surface area contributed by atoms with Crippen LogP contribution in [0.1, 0.15) is 57.3 Å². The Labute approximate surface area is 216 Å². The molecule has 1 N–H and O–H groups in total. The molecule has 2 aliphatic rings. The summed E-state index contributed by atoms with van der Waals surface area (Å²) in [6, 6.07) is 18.2. The number of nitrogens with zero attached hydrogens (tertiary/aromatic N) is 2. The molecule has 3 heterocycles. The van der Waals surface area contributed by atoms with E-state index in [4.69, 9.17) is 4.74 Å². The number of amides is 2. The van der Waals surface area contributed by atoms with E-state index in [-0.39, 0.29) is 12.1 Å². The summed E-state index contributed by atoms with van der Waals surface area (Å²) in [5, 5.41) is 4.49. The number of carbonyl (C=O) groups is 1. The highest BCUT2D eigenvalue weighted by Crippen LogP contribution is 2.44. The fourth-order valence-corrected chi connectivity index (χ4v) is 7.17. The molecule has 1 atom stereocenters. The third-order valence-corrected chi connectivity index (χ3v) is 8.68. The van der Waals surface area contributed by atoms with Crippen LogP contribution in [0.3, 0.4) is 0 Å². The maximum atomic E-state index is 14.1. The SMILES string of the molecule is COc1ccc([C@@H]2c3cccn3-c3sc4c(c3CN2C(=O)Nc2cc(C)cc(C)c2)CCCC4)cc1. The average molecular weight is 498 g/mol. The highest BCUT2D eigenvalue weighted by Gasteiger charge is 2.36. The summed E-state index contributed by atoms with van der Waals surface area (Å²) in [5.74, 6) is 0.808.